The van der Waals surface area contributed by atoms with Crippen LogP contribution >= 0.6 is 11.6 Å². The number of piperidine rings is 1. The molecule has 0 saturated carbocycles. The van der Waals surface area contributed by atoms with E-state index in [1.165, 1.54) is 6.33 Å². The number of carbonyl (C=O) groups is 1. The summed E-state index contributed by atoms with van der Waals surface area (Å²) in [5.74, 6) is 0.542. The second-order valence-corrected chi connectivity index (χ2v) is 4.76. The third kappa shape index (κ3) is 2.97. The zero-order valence-electron chi connectivity index (χ0n) is 10.4. The smallest absolute Gasteiger partial charge is 0.156 e. The van der Waals surface area contributed by atoms with Crippen LogP contribution in [0.4, 0.5) is 5.82 Å². The molecule has 1 aliphatic heterocycles. The van der Waals surface area contributed by atoms with Crippen LogP contribution in [0.3, 0.4) is 0 Å². The lowest BCUT2D eigenvalue weighted by Gasteiger charge is -2.31. The summed E-state index contributed by atoms with van der Waals surface area (Å²) in [6.45, 7) is 5.40. The van der Waals surface area contributed by atoms with Crippen molar-refractivity contribution in [1.82, 2.24) is 14.9 Å². The molecule has 1 N–H and O–H groups in total. The Bertz CT molecular complexity index is 419. The monoisotopic (exact) mass is 268 g/mol. The molecule has 0 aromatic carbocycles. The minimum absolute atomic E-state index is 0.202. The van der Waals surface area contributed by atoms with Gasteiger partial charge in [-0.05, 0) is 19.4 Å². The van der Waals surface area contributed by atoms with Gasteiger partial charge in [0.15, 0.2) is 6.29 Å². The van der Waals surface area contributed by atoms with Crippen molar-refractivity contribution in [1.29, 1.82) is 0 Å². The third-order valence-corrected chi connectivity index (χ3v) is 3.63. The fourth-order valence-electron chi connectivity index (χ4n) is 2.18. The molecule has 1 fully saturated rings. The maximum absolute atomic E-state index is 11.0. The second-order valence-electron chi connectivity index (χ2n) is 4.40. The zero-order chi connectivity index (χ0) is 13.0. The molecule has 0 radical (unpaired) electrons. The fraction of sp³-hybridized carbons (Fsp3) is 0.583. The van der Waals surface area contributed by atoms with E-state index in [0.717, 1.165) is 32.5 Å². The first-order chi connectivity index (χ1) is 8.74. The van der Waals surface area contributed by atoms with Gasteiger partial charge in [-0.3, -0.25) is 4.79 Å². The lowest BCUT2D eigenvalue weighted by atomic mass is 10.0. The van der Waals surface area contributed by atoms with Crippen molar-refractivity contribution >= 4 is 23.7 Å². The van der Waals surface area contributed by atoms with Gasteiger partial charge in [-0.15, -0.1) is 0 Å². The van der Waals surface area contributed by atoms with Gasteiger partial charge in [-0.2, -0.15) is 0 Å². The highest BCUT2D eigenvalue weighted by atomic mass is 35.5. The topological polar surface area (TPSA) is 58.1 Å². The van der Waals surface area contributed by atoms with Crippen LogP contribution in [-0.4, -0.2) is 46.8 Å². The summed E-state index contributed by atoms with van der Waals surface area (Å²) < 4.78 is 0. The Morgan fingerprint density at radius 1 is 1.50 bits per heavy atom. The van der Waals surface area contributed by atoms with Crippen LogP contribution in [0.15, 0.2) is 6.33 Å². The molecule has 1 aliphatic rings. The first-order valence-corrected chi connectivity index (χ1v) is 6.57. The maximum atomic E-state index is 11.0. The molecule has 0 aliphatic carbocycles. The van der Waals surface area contributed by atoms with Gasteiger partial charge in [-0.1, -0.05) is 18.5 Å². The Labute approximate surface area is 112 Å². The Balaban J connectivity index is 2.02. The molecule has 1 aromatic rings. The van der Waals surface area contributed by atoms with Gasteiger partial charge < -0.3 is 10.2 Å². The summed E-state index contributed by atoms with van der Waals surface area (Å²) in [5.41, 5.74) is 0.345. The standard InChI is InChI=1S/C12H17ClN4O/c1-2-17-5-3-9(4-6-17)16-12-10(7-18)11(13)14-8-15-12/h7-9H,2-6H2,1H3,(H,14,15,16). The highest BCUT2D eigenvalue weighted by molar-refractivity contribution is 6.32. The molecule has 18 heavy (non-hydrogen) atoms. The van der Waals surface area contributed by atoms with E-state index < -0.39 is 0 Å². The second kappa shape index (κ2) is 6.11. The summed E-state index contributed by atoms with van der Waals surface area (Å²) in [7, 11) is 0. The molecule has 0 amide bonds. The first kappa shape index (κ1) is 13.2. The zero-order valence-corrected chi connectivity index (χ0v) is 11.2. The van der Waals surface area contributed by atoms with Crippen molar-refractivity contribution in [3.63, 3.8) is 0 Å². The summed E-state index contributed by atoms with van der Waals surface area (Å²) in [4.78, 5) is 21.3. The van der Waals surface area contributed by atoms with Crippen LogP contribution in [0, 0.1) is 0 Å². The molecule has 0 bridgehead atoms. The number of likely N-dealkylation sites (tertiary alicyclic amines) is 1. The van der Waals surface area contributed by atoms with Crippen molar-refractivity contribution < 1.29 is 4.79 Å². The number of hydrogen-bond acceptors (Lipinski definition) is 5. The lowest BCUT2D eigenvalue weighted by Crippen LogP contribution is -2.39. The summed E-state index contributed by atoms with van der Waals surface area (Å²) in [6, 6.07) is 0.345. The lowest BCUT2D eigenvalue weighted by molar-refractivity contribution is 0.112. The number of nitrogens with zero attached hydrogens (tertiary/aromatic N) is 3. The van der Waals surface area contributed by atoms with Crippen LogP contribution < -0.4 is 5.32 Å². The largest absolute Gasteiger partial charge is 0.367 e. The van der Waals surface area contributed by atoms with Crippen LogP contribution in [0.1, 0.15) is 30.1 Å². The first-order valence-electron chi connectivity index (χ1n) is 6.19. The van der Waals surface area contributed by atoms with E-state index in [2.05, 4.69) is 27.1 Å². The van der Waals surface area contributed by atoms with E-state index in [-0.39, 0.29) is 5.15 Å². The SMILES string of the molecule is CCN1CCC(Nc2ncnc(Cl)c2C=O)CC1. The number of nitrogens with one attached hydrogen (secondary N) is 1. The highest BCUT2D eigenvalue weighted by Crippen LogP contribution is 2.20. The molecule has 2 rings (SSSR count). The Morgan fingerprint density at radius 3 is 2.83 bits per heavy atom. The van der Waals surface area contributed by atoms with Crippen molar-refractivity contribution in [2.24, 2.45) is 0 Å². The Kier molecular flexibility index (Phi) is 4.49. The van der Waals surface area contributed by atoms with E-state index in [4.69, 9.17) is 11.6 Å². The van der Waals surface area contributed by atoms with Crippen molar-refractivity contribution in [2.45, 2.75) is 25.8 Å². The molecular formula is C12H17ClN4O. The Morgan fingerprint density at radius 2 is 2.22 bits per heavy atom. The van der Waals surface area contributed by atoms with Gasteiger partial charge in [0.05, 0.1) is 5.56 Å². The van der Waals surface area contributed by atoms with Crippen LogP contribution in [0.25, 0.3) is 0 Å². The molecule has 0 unspecified atom stereocenters. The van der Waals surface area contributed by atoms with E-state index in [0.29, 0.717) is 23.7 Å². The van der Waals surface area contributed by atoms with E-state index in [1.54, 1.807) is 0 Å². The van der Waals surface area contributed by atoms with Gasteiger partial charge >= 0.3 is 0 Å². The van der Waals surface area contributed by atoms with E-state index in [1.807, 2.05) is 0 Å². The molecule has 5 nitrogen and oxygen atoms in total. The minimum Gasteiger partial charge on any atom is -0.367 e. The molecule has 2 heterocycles. The normalized spacial score (nSPS) is 17.7. The molecule has 0 atom stereocenters. The predicted molar refractivity (Wildman–Crippen MR) is 71.2 cm³/mol. The van der Waals surface area contributed by atoms with Crippen LogP contribution in [-0.2, 0) is 0 Å². The fourth-order valence-corrected chi connectivity index (χ4v) is 2.36. The van der Waals surface area contributed by atoms with E-state index >= 15 is 0 Å². The van der Waals surface area contributed by atoms with Crippen molar-refractivity contribution in [2.75, 3.05) is 25.0 Å². The highest BCUT2D eigenvalue weighted by Gasteiger charge is 2.19. The number of rotatable bonds is 4. The average molecular weight is 269 g/mol. The maximum Gasteiger partial charge on any atom is 0.156 e. The molecular weight excluding hydrogens is 252 g/mol. The van der Waals surface area contributed by atoms with Gasteiger partial charge in [0.25, 0.3) is 0 Å². The van der Waals surface area contributed by atoms with Gasteiger partial charge in [0.1, 0.15) is 17.3 Å². The van der Waals surface area contributed by atoms with E-state index in [9.17, 15) is 4.79 Å². The summed E-state index contributed by atoms with van der Waals surface area (Å²) >= 11 is 5.86. The Hall–Kier alpha value is -1.20. The van der Waals surface area contributed by atoms with Crippen molar-refractivity contribution in [3.05, 3.63) is 17.0 Å². The molecule has 1 saturated heterocycles. The minimum atomic E-state index is 0.202. The molecule has 1 aromatic heterocycles. The number of aromatic nitrogens is 2. The molecule has 98 valence electrons. The number of carbonyl (C=O) groups excluding carboxylic acids is 1. The predicted octanol–water partition coefficient (Wildman–Crippen LogP) is 1.84. The van der Waals surface area contributed by atoms with Gasteiger partial charge in [-0.25, -0.2) is 9.97 Å². The number of hydrogen-bond donors (Lipinski definition) is 1. The van der Waals surface area contributed by atoms with Gasteiger partial charge in [0.2, 0.25) is 0 Å². The van der Waals surface area contributed by atoms with Crippen molar-refractivity contribution in [3.8, 4) is 0 Å². The number of halogens is 1. The van der Waals surface area contributed by atoms with Crippen LogP contribution in [0.5, 0.6) is 0 Å². The average Bonchev–Trinajstić information content (AvgIpc) is 2.40. The summed E-state index contributed by atoms with van der Waals surface area (Å²) in [5, 5.41) is 3.49. The quantitative estimate of drug-likeness (QED) is 0.667. The molecule has 0 spiro atoms. The molecule has 6 heteroatoms. The number of aldehydes is 1. The van der Waals surface area contributed by atoms with Crippen LogP contribution in [0.2, 0.25) is 5.15 Å². The third-order valence-electron chi connectivity index (χ3n) is 3.33. The van der Waals surface area contributed by atoms with Gasteiger partial charge in [0, 0.05) is 19.1 Å². The summed E-state index contributed by atoms with van der Waals surface area (Å²) in [6.07, 6.45) is 4.17. The number of anilines is 1.